The highest BCUT2D eigenvalue weighted by Gasteiger charge is 2.17. The number of aryl methyl sites for hydroxylation is 2. The molecule has 3 aromatic rings. The minimum atomic E-state index is -0.0113. The molecule has 6 heteroatoms. The van der Waals surface area contributed by atoms with E-state index in [0.29, 0.717) is 23.6 Å². The molecule has 0 aliphatic heterocycles. The minimum Gasteiger partial charge on any atom is -0.366 e. The summed E-state index contributed by atoms with van der Waals surface area (Å²) < 4.78 is 1.72. The number of nitrogens with one attached hydrogen (secondary N) is 2. The van der Waals surface area contributed by atoms with Crippen LogP contribution in [0.5, 0.6) is 0 Å². The van der Waals surface area contributed by atoms with Crippen molar-refractivity contribution in [3.05, 3.63) is 64.2 Å². The van der Waals surface area contributed by atoms with Crippen LogP contribution < -0.4 is 16.2 Å². The Morgan fingerprint density at radius 1 is 1.21 bits per heavy atom. The highest BCUT2D eigenvalue weighted by molar-refractivity contribution is 5.93. The van der Waals surface area contributed by atoms with E-state index in [1.54, 1.807) is 10.8 Å². The highest BCUT2D eigenvalue weighted by Crippen LogP contribution is 2.27. The molecule has 1 unspecified atom stereocenters. The molecule has 150 valence electrons. The predicted octanol–water partition coefficient (Wildman–Crippen LogP) is 4.77. The van der Waals surface area contributed by atoms with Gasteiger partial charge in [0, 0.05) is 25.0 Å². The Bertz CT molecular complexity index is 1130. The first-order valence-electron chi connectivity index (χ1n) is 10.2. The third-order valence-corrected chi connectivity index (χ3v) is 5.45. The van der Waals surface area contributed by atoms with Crippen LogP contribution in [0, 0.1) is 6.92 Å². The van der Waals surface area contributed by atoms with Gasteiger partial charge < -0.3 is 15.2 Å². The van der Waals surface area contributed by atoms with Crippen LogP contribution >= 0.6 is 0 Å². The lowest BCUT2D eigenvalue weighted by Gasteiger charge is -2.23. The molecule has 3 aromatic heterocycles. The molecule has 0 fully saturated rings. The first-order chi connectivity index (χ1) is 14.0. The lowest BCUT2D eigenvalue weighted by molar-refractivity contribution is 0.623. The maximum atomic E-state index is 13.0. The Balaban J connectivity index is 1.77. The fraction of sp³-hybridized carbons (Fsp3) is 0.348. The predicted molar refractivity (Wildman–Crippen MR) is 119 cm³/mol. The fourth-order valence-electron chi connectivity index (χ4n) is 3.75. The molecule has 3 heterocycles. The average Bonchev–Trinajstić information content (AvgIpc) is 2.70. The van der Waals surface area contributed by atoms with Gasteiger partial charge in [0.2, 0.25) is 0 Å². The molecule has 4 rings (SSSR count). The smallest absolute Gasteiger partial charge is 0.262 e. The van der Waals surface area contributed by atoms with Crippen molar-refractivity contribution < 1.29 is 0 Å². The molecule has 1 atom stereocenters. The Morgan fingerprint density at radius 3 is 2.79 bits per heavy atom. The molecule has 0 radical (unpaired) electrons. The average molecular weight is 390 g/mol. The summed E-state index contributed by atoms with van der Waals surface area (Å²) in [6, 6.07) is 8.10. The second-order valence-electron chi connectivity index (χ2n) is 7.74. The number of pyridine rings is 3. The van der Waals surface area contributed by atoms with Crippen molar-refractivity contribution in [2.24, 2.45) is 0 Å². The lowest BCUT2D eigenvalue weighted by Crippen LogP contribution is -2.25. The standard InChI is InChI=1S/C23H27N5O/c1-4-28-12-10-17-14-20(26-19-13-16(3)9-11-24-19)27-22(21(17)23(28)29)25-18-7-5-15(2)6-8-18/h5,9-14,18H,4,6-8H2,1-3H3,(H2,24,25,26,27). The van der Waals surface area contributed by atoms with E-state index in [0.717, 1.165) is 36.0 Å². The zero-order valence-electron chi connectivity index (χ0n) is 17.2. The number of allylic oxidation sites excluding steroid dienone is 1. The number of hydrogen-bond acceptors (Lipinski definition) is 5. The number of aromatic nitrogens is 3. The van der Waals surface area contributed by atoms with Crippen LogP contribution in [0.15, 0.2) is 53.1 Å². The largest absolute Gasteiger partial charge is 0.366 e. The van der Waals surface area contributed by atoms with Crippen LogP contribution in [0.3, 0.4) is 0 Å². The van der Waals surface area contributed by atoms with Crippen molar-refractivity contribution in [3.63, 3.8) is 0 Å². The van der Waals surface area contributed by atoms with Crippen LogP contribution in [-0.4, -0.2) is 20.6 Å². The molecule has 1 aliphatic carbocycles. The Morgan fingerprint density at radius 2 is 2.07 bits per heavy atom. The fourth-order valence-corrected chi connectivity index (χ4v) is 3.75. The van der Waals surface area contributed by atoms with Crippen LogP contribution in [0.25, 0.3) is 10.8 Å². The summed E-state index contributed by atoms with van der Waals surface area (Å²) >= 11 is 0. The van der Waals surface area contributed by atoms with Crippen LogP contribution in [0.1, 0.15) is 38.7 Å². The van der Waals surface area contributed by atoms with Crippen molar-refractivity contribution in [1.29, 1.82) is 0 Å². The SMILES string of the molecule is CCn1ccc2cc(Nc3cc(C)ccn3)nc(NC3CC=C(C)CC3)c2c1=O. The molecule has 0 aromatic carbocycles. The molecule has 0 amide bonds. The molecule has 0 saturated carbocycles. The molecule has 0 saturated heterocycles. The minimum absolute atomic E-state index is 0.0113. The topological polar surface area (TPSA) is 71.8 Å². The number of hydrogen-bond donors (Lipinski definition) is 2. The summed E-state index contributed by atoms with van der Waals surface area (Å²) in [5, 5.41) is 8.34. The summed E-state index contributed by atoms with van der Waals surface area (Å²) in [5.41, 5.74) is 2.54. The zero-order chi connectivity index (χ0) is 20.4. The van der Waals surface area contributed by atoms with Crippen molar-refractivity contribution in [2.75, 3.05) is 10.6 Å². The number of rotatable bonds is 5. The third kappa shape index (κ3) is 4.16. The zero-order valence-corrected chi connectivity index (χ0v) is 17.2. The van der Waals surface area contributed by atoms with Gasteiger partial charge in [-0.15, -0.1) is 0 Å². The number of anilines is 3. The molecule has 0 bridgehead atoms. The van der Waals surface area contributed by atoms with Gasteiger partial charge in [0.25, 0.3) is 5.56 Å². The first kappa shape index (κ1) is 19.2. The second kappa shape index (κ2) is 8.07. The molecule has 29 heavy (non-hydrogen) atoms. The summed E-state index contributed by atoms with van der Waals surface area (Å²) in [5.74, 6) is 2.05. The molecule has 2 N–H and O–H groups in total. The monoisotopic (exact) mass is 389 g/mol. The van der Waals surface area contributed by atoms with Gasteiger partial charge in [-0.05, 0) is 75.2 Å². The van der Waals surface area contributed by atoms with Gasteiger partial charge >= 0.3 is 0 Å². The van der Waals surface area contributed by atoms with Crippen molar-refractivity contribution in [3.8, 4) is 0 Å². The normalized spacial score (nSPS) is 16.5. The van der Waals surface area contributed by atoms with Gasteiger partial charge in [-0.2, -0.15) is 0 Å². The Hall–Kier alpha value is -3.15. The quantitative estimate of drug-likeness (QED) is 0.615. The molecule has 1 aliphatic rings. The van der Waals surface area contributed by atoms with E-state index in [4.69, 9.17) is 4.98 Å². The van der Waals surface area contributed by atoms with E-state index in [2.05, 4.69) is 28.6 Å². The van der Waals surface area contributed by atoms with Crippen LogP contribution in [0.2, 0.25) is 0 Å². The van der Waals surface area contributed by atoms with Crippen LogP contribution in [0.4, 0.5) is 17.5 Å². The van der Waals surface area contributed by atoms with Crippen LogP contribution in [-0.2, 0) is 6.54 Å². The van der Waals surface area contributed by atoms with E-state index in [-0.39, 0.29) is 11.6 Å². The van der Waals surface area contributed by atoms with Crippen molar-refractivity contribution >= 4 is 28.2 Å². The summed E-state index contributed by atoms with van der Waals surface area (Å²) in [4.78, 5) is 22.2. The maximum Gasteiger partial charge on any atom is 0.262 e. The number of nitrogens with zero attached hydrogens (tertiary/aromatic N) is 3. The van der Waals surface area contributed by atoms with Gasteiger partial charge in [0.15, 0.2) is 0 Å². The Kier molecular flexibility index (Phi) is 5.34. The van der Waals surface area contributed by atoms with Crippen molar-refractivity contribution in [1.82, 2.24) is 14.5 Å². The summed E-state index contributed by atoms with van der Waals surface area (Å²) in [6.45, 7) is 6.80. The van der Waals surface area contributed by atoms with Gasteiger partial charge in [-0.3, -0.25) is 4.79 Å². The molecule has 6 nitrogen and oxygen atoms in total. The molecule has 0 spiro atoms. The van der Waals surface area contributed by atoms with Gasteiger partial charge in [-0.25, -0.2) is 9.97 Å². The molecular weight excluding hydrogens is 362 g/mol. The van der Waals surface area contributed by atoms with Gasteiger partial charge in [-0.1, -0.05) is 11.6 Å². The van der Waals surface area contributed by atoms with Gasteiger partial charge in [0.1, 0.15) is 17.5 Å². The van der Waals surface area contributed by atoms with E-state index >= 15 is 0 Å². The maximum absolute atomic E-state index is 13.0. The third-order valence-electron chi connectivity index (χ3n) is 5.45. The van der Waals surface area contributed by atoms with E-state index in [1.807, 2.05) is 44.3 Å². The highest BCUT2D eigenvalue weighted by atomic mass is 16.1. The summed E-state index contributed by atoms with van der Waals surface area (Å²) in [6.07, 6.45) is 8.94. The lowest BCUT2D eigenvalue weighted by atomic mass is 9.96. The summed E-state index contributed by atoms with van der Waals surface area (Å²) in [7, 11) is 0. The van der Waals surface area contributed by atoms with Crippen molar-refractivity contribution in [2.45, 2.75) is 52.6 Å². The number of fused-ring (bicyclic) bond motifs is 1. The first-order valence-corrected chi connectivity index (χ1v) is 10.2. The van der Waals surface area contributed by atoms with Gasteiger partial charge in [0.05, 0.1) is 5.39 Å². The van der Waals surface area contributed by atoms with E-state index < -0.39 is 0 Å². The van der Waals surface area contributed by atoms with E-state index in [9.17, 15) is 4.79 Å². The Labute approximate surface area is 170 Å². The molecular formula is C23H27N5O. The second-order valence-corrected chi connectivity index (χ2v) is 7.74. The van der Waals surface area contributed by atoms with E-state index in [1.165, 1.54) is 5.57 Å².